The molecule has 0 N–H and O–H groups in total. The topological polar surface area (TPSA) is 17.1 Å². The van der Waals surface area contributed by atoms with Crippen LogP contribution in [0.15, 0.2) is 34.9 Å². The highest BCUT2D eigenvalue weighted by Gasteiger charge is 2.35. The van der Waals surface area contributed by atoms with Gasteiger partial charge in [0.15, 0.2) is 5.78 Å². The summed E-state index contributed by atoms with van der Waals surface area (Å²) in [4.78, 5) is 12.3. The van der Waals surface area contributed by atoms with Crippen molar-refractivity contribution in [2.45, 2.75) is 47.5 Å². The zero-order valence-corrected chi connectivity index (χ0v) is 11.1. The van der Waals surface area contributed by atoms with E-state index in [0.717, 1.165) is 18.4 Å². The van der Waals surface area contributed by atoms with Crippen LogP contribution in [0, 0.1) is 5.41 Å². The summed E-state index contributed by atoms with van der Waals surface area (Å²) < 4.78 is 0. The first kappa shape index (κ1) is 13.0. The van der Waals surface area contributed by atoms with E-state index in [4.69, 9.17) is 0 Å². The van der Waals surface area contributed by atoms with Crippen molar-refractivity contribution in [2.24, 2.45) is 5.41 Å². The molecule has 0 aromatic rings. The van der Waals surface area contributed by atoms with Gasteiger partial charge < -0.3 is 0 Å². The van der Waals surface area contributed by atoms with Gasteiger partial charge in [0.1, 0.15) is 0 Å². The number of carbonyl (C=O) groups is 1. The van der Waals surface area contributed by atoms with Gasteiger partial charge in [0.2, 0.25) is 0 Å². The van der Waals surface area contributed by atoms with Crippen molar-refractivity contribution >= 4 is 5.78 Å². The van der Waals surface area contributed by atoms with Crippen molar-refractivity contribution in [3.05, 3.63) is 34.9 Å². The van der Waals surface area contributed by atoms with E-state index in [1.807, 2.05) is 13.0 Å². The van der Waals surface area contributed by atoms with Gasteiger partial charge in [-0.25, -0.2) is 0 Å². The van der Waals surface area contributed by atoms with Crippen LogP contribution in [0.3, 0.4) is 0 Å². The van der Waals surface area contributed by atoms with E-state index < -0.39 is 0 Å². The maximum atomic E-state index is 12.3. The molecule has 1 aliphatic carbocycles. The minimum atomic E-state index is -0.291. The molecular weight excluding hydrogens is 196 g/mol. The van der Waals surface area contributed by atoms with Crippen molar-refractivity contribution in [3.63, 3.8) is 0 Å². The molecule has 0 spiro atoms. The van der Waals surface area contributed by atoms with Gasteiger partial charge in [0, 0.05) is 0 Å². The first-order valence-corrected chi connectivity index (χ1v) is 5.97. The monoisotopic (exact) mass is 218 g/mol. The van der Waals surface area contributed by atoms with Gasteiger partial charge in [0.25, 0.3) is 0 Å². The number of hydrogen-bond donors (Lipinski definition) is 0. The second-order valence-corrected chi connectivity index (χ2v) is 5.04. The lowest BCUT2D eigenvalue weighted by Crippen LogP contribution is -2.31. The highest BCUT2D eigenvalue weighted by Crippen LogP contribution is 2.37. The molecule has 16 heavy (non-hydrogen) atoms. The van der Waals surface area contributed by atoms with Gasteiger partial charge in [-0.3, -0.25) is 4.79 Å². The highest BCUT2D eigenvalue weighted by molar-refractivity contribution is 6.02. The van der Waals surface area contributed by atoms with Crippen LogP contribution in [-0.4, -0.2) is 5.78 Å². The van der Waals surface area contributed by atoms with Crippen molar-refractivity contribution < 1.29 is 4.79 Å². The third-order valence-electron chi connectivity index (χ3n) is 3.26. The summed E-state index contributed by atoms with van der Waals surface area (Å²) in [5.74, 6) is 0.290. The summed E-state index contributed by atoms with van der Waals surface area (Å²) in [6, 6.07) is 0. The molecular formula is C15H22O. The van der Waals surface area contributed by atoms with Gasteiger partial charge in [-0.05, 0) is 46.1 Å². The Labute approximate surface area is 98.9 Å². The fourth-order valence-corrected chi connectivity index (χ4v) is 2.29. The van der Waals surface area contributed by atoms with E-state index in [-0.39, 0.29) is 11.2 Å². The number of allylic oxidation sites excluding steroid dienone is 6. The van der Waals surface area contributed by atoms with E-state index in [9.17, 15) is 4.79 Å². The number of ketones is 1. The van der Waals surface area contributed by atoms with Crippen LogP contribution in [0.1, 0.15) is 47.5 Å². The first-order valence-electron chi connectivity index (χ1n) is 5.97. The first-order chi connectivity index (χ1) is 7.41. The Balaban J connectivity index is 3.09. The number of hydrogen-bond acceptors (Lipinski definition) is 1. The van der Waals surface area contributed by atoms with Crippen LogP contribution in [0.25, 0.3) is 0 Å². The molecule has 0 amide bonds. The molecule has 1 aliphatic rings. The summed E-state index contributed by atoms with van der Waals surface area (Å²) in [5, 5.41) is 0. The molecule has 0 aromatic heterocycles. The summed E-state index contributed by atoms with van der Waals surface area (Å²) in [5.41, 5.74) is 3.09. The Bertz CT molecular complexity index is 378. The summed E-state index contributed by atoms with van der Waals surface area (Å²) in [6.07, 6.45) is 8.00. The van der Waals surface area contributed by atoms with Crippen LogP contribution >= 0.6 is 0 Å². The average Bonchev–Trinajstić information content (AvgIpc) is 2.21. The predicted octanol–water partition coefficient (Wildman–Crippen LogP) is 4.21. The number of rotatable bonds is 3. The van der Waals surface area contributed by atoms with E-state index in [2.05, 4.69) is 39.8 Å². The molecule has 0 aliphatic heterocycles. The van der Waals surface area contributed by atoms with Crippen LogP contribution in [-0.2, 0) is 4.79 Å². The van der Waals surface area contributed by atoms with Crippen molar-refractivity contribution in [2.75, 3.05) is 0 Å². The molecule has 1 unspecified atom stereocenters. The fraction of sp³-hybridized carbons (Fsp3) is 0.533. The summed E-state index contributed by atoms with van der Waals surface area (Å²) >= 11 is 0. The third kappa shape index (κ3) is 2.52. The molecule has 0 saturated carbocycles. The standard InChI is InChI=1S/C15H22O/c1-6-15(8-7-11(2)3)10-12(4)9-13(5)14(15)16/h7,9-10H,6,8H2,1-5H3. The average molecular weight is 218 g/mol. The van der Waals surface area contributed by atoms with Crippen molar-refractivity contribution in [1.82, 2.24) is 0 Å². The van der Waals surface area contributed by atoms with Gasteiger partial charge >= 0.3 is 0 Å². The second-order valence-electron chi connectivity index (χ2n) is 5.04. The van der Waals surface area contributed by atoms with Crippen LogP contribution in [0.4, 0.5) is 0 Å². The number of carbonyl (C=O) groups excluding carboxylic acids is 1. The van der Waals surface area contributed by atoms with E-state index in [0.29, 0.717) is 0 Å². The molecule has 0 saturated heterocycles. The Kier molecular flexibility index (Phi) is 3.90. The third-order valence-corrected chi connectivity index (χ3v) is 3.26. The Morgan fingerprint density at radius 2 is 2.00 bits per heavy atom. The van der Waals surface area contributed by atoms with E-state index in [1.54, 1.807) is 0 Å². The Morgan fingerprint density at radius 3 is 2.50 bits per heavy atom. The lowest BCUT2D eigenvalue weighted by atomic mass is 9.71. The SMILES string of the molecule is CCC1(CC=C(C)C)C=C(C)C=C(C)C1=O. The fourth-order valence-electron chi connectivity index (χ4n) is 2.29. The molecule has 1 rings (SSSR count). The molecule has 88 valence electrons. The lowest BCUT2D eigenvalue weighted by molar-refractivity contribution is -0.122. The molecule has 0 heterocycles. The van der Waals surface area contributed by atoms with Crippen LogP contribution < -0.4 is 0 Å². The smallest absolute Gasteiger partial charge is 0.168 e. The molecule has 0 radical (unpaired) electrons. The lowest BCUT2D eigenvalue weighted by Gasteiger charge is -2.31. The Morgan fingerprint density at radius 1 is 1.38 bits per heavy atom. The second kappa shape index (κ2) is 4.82. The quantitative estimate of drug-likeness (QED) is 0.648. The highest BCUT2D eigenvalue weighted by atomic mass is 16.1. The van der Waals surface area contributed by atoms with Crippen molar-refractivity contribution in [3.8, 4) is 0 Å². The molecule has 1 nitrogen and oxygen atoms in total. The molecule has 0 fully saturated rings. The minimum absolute atomic E-state index is 0.290. The van der Waals surface area contributed by atoms with Gasteiger partial charge in [-0.1, -0.05) is 36.3 Å². The largest absolute Gasteiger partial charge is 0.294 e. The van der Waals surface area contributed by atoms with E-state index >= 15 is 0 Å². The normalized spacial score (nSPS) is 24.9. The Hall–Kier alpha value is -1.11. The molecule has 0 aromatic carbocycles. The van der Waals surface area contributed by atoms with Crippen LogP contribution in [0.2, 0.25) is 0 Å². The maximum absolute atomic E-state index is 12.3. The zero-order chi connectivity index (χ0) is 12.3. The maximum Gasteiger partial charge on any atom is 0.168 e. The number of Topliss-reactive ketones (excluding diaryl/α,β-unsaturated/α-hetero) is 1. The molecule has 0 bridgehead atoms. The van der Waals surface area contributed by atoms with Crippen molar-refractivity contribution in [1.29, 1.82) is 0 Å². The predicted molar refractivity (Wildman–Crippen MR) is 69.3 cm³/mol. The van der Waals surface area contributed by atoms with E-state index in [1.165, 1.54) is 11.1 Å². The zero-order valence-electron chi connectivity index (χ0n) is 11.1. The molecule has 1 heteroatoms. The summed E-state index contributed by atoms with van der Waals surface area (Å²) in [6.45, 7) is 10.2. The van der Waals surface area contributed by atoms with Crippen LogP contribution in [0.5, 0.6) is 0 Å². The minimum Gasteiger partial charge on any atom is -0.294 e. The van der Waals surface area contributed by atoms with Gasteiger partial charge in [-0.2, -0.15) is 0 Å². The van der Waals surface area contributed by atoms with Gasteiger partial charge in [-0.15, -0.1) is 0 Å². The summed E-state index contributed by atoms with van der Waals surface area (Å²) in [7, 11) is 0. The van der Waals surface area contributed by atoms with Gasteiger partial charge in [0.05, 0.1) is 5.41 Å². The molecule has 1 atom stereocenters.